The molecule has 3 rings (SSSR count). The van der Waals surface area contributed by atoms with E-state index in [-0.39, 0.29) is 5.82 Å². The highest BCUT2D eigenvalue weighted by molar-refractivity contribution is 9.10. The van der Waals surface area contributed by atoms with Crippen molar-refractivity contribution >= 4 is 15.9 Å². The average Bonchev–Trinajstić information content (AvgIpc) is 2.87. The molecule has 0 N–H and O–H groups in total. The summed E-state index contributed by atoms with van der Waals surface area (Å²) in [5.41, 5.74) is 2.92. The van der Waals surface area contributed by atoms with Gasteiger partial charge in [-0.15, -0.1) is 0 Å². The van der Waals surface area contributed by atoms with Crippen molar-refractivity contribution in [1.29, 1.82) is 0 Å². The van der Waals surface area contributed by atoms with E-state index in [1.54, 1.807) is 12.3 Å². The third-order valence-corrected chi connectivity index (χ3v) is 3.52. The molecule has 0 fully saturated rings. The molecule has 0 aliphatic rings. The fraction of sp³-hybridized carbons (Fsp3) is 0.0625. The van der Waals surface area contributed by atoms with Gasteiger partial charge in [0.2, 0.25) is 0 Å². The van der Waals surface area contributed by atoms with E-state index < -0.39 is 0 Å². The van der Waals surface area contributed by atoms with Crippen molar-refractivity contribution in [2.24, 2.45) is 0 Å². The Hall–Kier alpha value is -1.94. The van der Waals surface area contributed by atoms with Gasteiger partial charge in [0.25, 0.3) is 0 Å². The summed E-state index contributed by atoms with van der Waals surface area (Å²) in [6, 6.07) is 14.6. The average molecular weight is 331 g/mol. The largest absolute Gasteiger partial charge is 0.268 e. The summed E-state index contributed by atoms with van der Waals surface area (Å²) < 4.78 is 16.1. The van der Waals surface area contributed by atoms with Gasteiger partial charge in [0.1, 0.15) is 5.82 Å². The molecule has 1 heterocycles. The number of rotatable bonds is 3. The van der Waals surface area contributed by atoms with Crippen LogP contribution in [0.4, 0.5) is 4.39 Å². The van der Waals surface area contributed by atoms with Crippen LogP contribution >= 0.6 is 15.9 Å². The highest BCUT2D eigenvalue weighted by Gasteiger charge is 2.03. The molecule has 2 aromatic carbocycles. The summed E-state index contributed by atoms with van der Waals surface area (Å²) in [5.74, 6) is -0.234. The number of hydrogen-bond acceptors (Lipinski definition) is 1. The number of hydrogen-bond donors (Lipinski definition) is 0. The molecule has 0 aliphatic heterocycles. The second-order valence-electron chi connectivity index (χ2n) is 4.57. The van der Waals surface area contributed by atoms with Gasteiger partial charge < -0.3 is 0 Å². The zero-order valence-corrected chi connectivity index (χ0v) is 12.2. The van der Waals surface area contributed by atoms with E-state index in [1.807, 2.05) is 35.1 Å². The van der Waals surface area contributed by atoms with Crippen molar-refractivity contribution in [3.63, 3.8) is 0 Å². The normalized spacial score (nSPS) is 10.7. The number of benzene rings is 2. The molecule has 3 aromatic rings. The first-order valence-corrected chi connectivity index (χ1v) is 7.03. The number of halogens is 2. The fourth-order valence-corrected chi connectivity index (χ4v) is 2.54. The highest BCUT2D eigenvalue weighted by atomic mass is 79.9. The van der Waals surface area contributed by atoms with Gasteiger partial charge in [-0.1, -0.05) is 40.2 Å². The Bertz CT molecular complexity index is 737. The van der Waals surface area contributed by atoms with Crippen LogP contribution in [0.25, 0.3) is 11.1 Å². The lowest BCUT2D eigenvalue weighted by Crippen LogP contribution is -1.99. The minimum Gasteiger partial charge on any atom is -0.268 e. The van der Waals surface area contributed by atoms with Crippen molar-refractivity contribution in [3.05, 3.63) is 76.8 Å². The van der Waals surface area contributed by atoms with Gasteiger partial charge in [0, 0.05) is 16.2 Å². The van der Waals surface area contributed by atoms with Crippen LogP contribution in [-0.4, -0.2) is 9.78 Å². The van der Waals surface area contributed by atoms with Crippen LogP contribution < -0.4 is 0 Å². The molecule has 0 unspecified atom stereocenters. The first kappa shape index (κ1) is 13.1. The van der Waals surface area contributed by atoms with Gasteiger partial charge in [-0.3, -0.25) is 4.68 Å². The Morgan fingerprint density at radius 1 is 1.05 bits per heavy atom. The minimum absolute atomic E-state index is 0.234. The minimum atomic E-state index is -0.234. The van der Waals surface area contributed by atoms with Crippen LogP contribution in [0.15, 0.2) is 65.4 Å². The molecule has 20 heavy (non-hydrogen) atoms. The third-order valence-electron chi connectivity index (χ3n) is 3.02. The summed E-state index contributed by atoms with van der Waals surface area (Å²) in [4.78, 5) is 0. The molecule has 0 radical (unpaired) electrons. The van der Waals surface area contributed by atoms with Gasteiger partial charge in [0.15, 0.2) is 0 Å². The van der Waals surface area contributed by atoms with Crippen LogP contribution in [0.1, 0.15) is 5.56 Å². The van der Waals surface area contributed by atoms with Crippen molar-refractivity contribution in [1.82, 2.24) is 9.78 Å². The monoisotopic (exact) mass is 330 g/mol. The molecule has 1 aromatic heterocycles. The molecule has 0 saturated carbocycles. The lowest BCUT2D eigenvalue weighted by molar-refractivity contribution is 0.628. The maximum absolute atomic E-state index is 13.2. The van der Waals surface area contributed by atoms with Gasteiger partial charge in [-0.25, -0.2) is 4.39 Å². The van der Waals surface area contributed by atoms with Gasteiger partial charge in [0.05, 0.1) is 12.7 Å². The molecule has 4 heteroatoms. The number of nitrogens with zero attached hydrogens (tertiary/aromatic N) is 2. The SMILES string of the molecule is Fc1cccc(-c2cnn(Cc3cccc(Br)c3)c2)c1. The molecule has 0 saturated heterocycles. The molecule has 0 atom stereocenters. The Labute approximate surface area is 125 Å². The molecule has 0 bridgehead atoms. The summed E-state index contributed by atoms with van der Waals surface area (Å²) >= 11 is 3.45. The Balaban J connectivity index is 1.84. The predicted molar refractivity (Wildman–Crippen MR) is 80.9 cm³/mol. The molecular weight excluding hydrogens is 319 g/mol. The maximum Gasteiger partial charge on any atom is 0.123 e. The molecule has 0 amide bonds. The van der Waals surface area contributed by atoms with E-state index in [4.69, 9.17) is 0 Å². The second-order valence-corrected chi connectivity index (χ2v) is 5.48. The quantitative estimate of drug-likeness (QED) is 0.691. The van der Waals surface area contributed by atoms with E-state index >= 15 is 0 Å². The van der Waals surface area contributed by atoms with Gasteiger partial charge in [-0.2, -0.15) is 5.10 Å². The first-order valence-electron chi connectivity index (χ1n) is 6.23. The van der Waals surface area contributed by atoms with Crippen LogP contribution in [0.3, 0.4) is 0 Å². The molecule has 0 spiro atoms. The predicted octanol–water partition coefficient (Wildman–Crippen LogP) is 4.50. The molecule has 100 valence electrons. The Kier molecular flexibility index (Phi) is 3.65. The molecular formula is C16H12BrFN2. The van der Waals surface area contributed by atoms with Crippen molar-refractivity contribution in [2.45, 2.75) is 6.54 Å². The highest BCUT2D eigenvalue weighted by Crippen LogP contribution is 2.20. The van der Waals surface area contributed by atoms with Crippen molar-refractivity contribution < 1.29 is 4.39 Å². The molecule has 2 nitrogen and oxygen atoms in total. The lowest BCUT2D eigenvalue weighted by atomic mass is 10.1. The van der Waals surface area contributed by atoms with Crippen molar-refractivity contribution in [2.75, 3.05) is 0 Å². The van der Waals surface area contributed by atoms with Crippen LogP contribution in [0.5, 0.6) is 0 Å². The van der Waals surface area contributed by atoms with Gasteiger partial charge >= 0.3 is 0 Å². The smallest absolute Gasteiger partial charge is 0.123 e. The lowest BCUT2D eigenvalue weighted by Gasteiger charge is -2.02. The van der Waals surface area contributed by atoms with E-state index in [0.29, 0.717) is 6.54 Å². The third kappa shape index (κ3) is 2.96. The Morgan fingerprint density at radius 2 is 1.90 bits per heavy atom. The summed E-state index contributed by atoms with van der Waals surface area (Å²) in [5, 5.41) is 4.33. The topological polar surface area (TPSA) is 17.8 Å². The van der Waals surface area contributed by atoms with Gasteiger partial charge in [-0.05, 0) is 35.4 Å². The van der Waals surface area contributed by atoms with E-state index in [1.165, 1.54) is 12.1 Å². The van der Waals surface area contributed by atoms with Crippen LogP contribution in [0, 0.1) is 5.82 Å². The zero-order chi connectivity index (χ0) is 13.9. The van der Waals surface area contributed by atoms with E-state index in [9.17, 15) is 4.39 Å². The first-order chi connectivity index (χ1) is 9.70. The van der Waals surface area contributed by atoms with Crippen LogP contribution in [-0.2, 0) is 6.54 Å². The summed E-state index contributed by atoms with van der Waals surface area (Å²) in [6.45, 7) is 0.689. The maximum atomic E-state index is 13.2. The molecule has 0 aliphatic carbocycles. The Morgan fingerprint density at radius 3 is 2.70 bits per heavy atom. The van der Waals surface area contributed by atoms with Crippen molar-refractivity contribution in [3.8, 4) is 11.1 Å². The van der Waals surface area contributed by atoms with E-state index in [2.05, 4.69) is 27.1 Å². The standard InChI is InChI=1S/C16H12BrFN2/c17-15-5-1-3-12(7-15)10-20-11-14(9-19-20)13-4-2-6-16(18)8-13/h1-9,11H,10H2. The van der Waals surface area contributed by atoms with E-state index in [0.717, 1.165) is 21.2 Å². The second kappa shape index (κ2) is 5.59. The zero-order valence-electron chi connectivity index (χ0n) is 10.6. The fourth-order valence-electron chi connectivity index (χ4n) is 2.09. The van der Waals surface area contributed by atoms with Crippen LogP contribution in [0.2, 0.25) is 0 Å². The summed E-state index contributed by atoms with van der Waals surface area (Å²) in [6.07, 6.45) is 3.68. The number of aromatic nitrogens is 2. The summed E-state index contributed by atoms with van der Waals surface area (Å²) in [7, 11) is 0.